The normalized spacial score (nSPS) is 9.40. The minimum atomic E-state index is -0.356. The van der Waals surface area contributed by atoms with Gasteiger partial charge in [-0.15, -0.1) is 0 Å². The van der Waals surface area contributed by atoms with Crippen molar-refractivity contribution < 1.29 is 19.1 Å². The second-order valence-electron chi connectivity index (χ2n) is 2.91. The van der Waals surface area contributed by atoms with Crippen LogP contribution < -0.4 is 0 Å². The van der Waals surface area contributed by atoms with E-state index in [4.69, 9.17) is 0 Å². The van der Waals surface area contributed by atoms with Gasteiger partial charge in [0.25, 0.3) is 6.47 Å². The summed E-state index contributed by atoms with van der Waals surface area (Å²) in [6, 6.07) is 6.98. The Balaban J connectivity index is 2.56. The lowest BCUT2D eigenvalue weighted by molar-refractivity contribution is -0.128. The van der Waals surface area contributed by atoms with Gasteiger partial charge < -0.3 is 9.47 Å². The van der Waals surface area contributed by atoms with Crippen LogP contribution in [0.5, 0.6) is 0 Å². The molecule has 15 heavy (non-hydrogen) atoms. The number of carbonyl (C=O) groups is 2. The summed E-state index contributed by atoms with van der Waals surface area (Å²) in [5, 5.41) is 0. The summed E-state index contributed by atoms with van der Waals surface area (Å²) >= 11 is 0. The van der Waals surface area contributed by atoms with Gasteiger partial charge in [0.2, 0.25) is 0 Å². The van der Waals surface area contributed by atoms with Gasteiger partial charge in [-0.2, -0.15) is 0 Å². The number of benzene rings is 1. The molecule has 0 spiro atoms. The third kappa shape index (κ3) is 3.42. The van der Waals surface area contributed by atoms with Gasteiger partial charge in [0.1, 0.15) is 0 Å². The molecule has 4 heteroatoms. The second kappa shape index (κ2) is 5.80. The fourth-order valence-corrected chi connectivity index (χ4v) is 1.15. The molecule has 0 fully saturated rings. The molecule has 1 aromatic carbocycles. The molecule has 0 aliphatic carbocycles. The number of carbonyl (C=O) groups excluding carboxylic acids is 2. The van der Waals surface area contributed by atoms with Crippen LogP contribution in [0.15, 0.2) is 24.3 Å². The summed E-state index contributed by atoms with van der Waals surface area (Å²) in [5.74, 6) is -0.356. The topological polar surface area (TPSA) is 52.6 Å². The van der Waals surface area contributed by atoms with E-state index in [2.05, 4.69) is 9.47 Å². The molecular weight excluding hydrogens is 196 g/mol. The number of rotatable bonds is 5. The zero-order chi connectivity index (χ0) is 11.1. The first-order valence-electron chi connectivity index (χ1n) is 4.50. The quantitative estimate of drug-likeness (QED) is 0.414. The van der Waals surface area contributed by atoms with E-state index >= 15 is 0 Å². The highest BCUT2D eigenvalue weighted by Crippen LogP contribution is 2.06. The molecular formula is C11H12O4. The summed E-state index contributed by atoms with van der Waals surface area (Å²) in [6.07, 6.45) is 0.639. The lowest BCUT2D eigenvalue weighted by atomic mass is 10.1. The van der Waals surface area contributed by atoms with E-state index in [1.165, 1.54) is 7.11 Å². The predicted octanol–water partition coefficient (Wildman–Crippen LogP) is 1.19. The van der Waals surface area contributed by atoms with Crippen molar-refractivity contribution in [1.82, 2.24) is 0 Å². The van der Waals surface area contributed by atoms with Crippen LogP contribution in [0.4, 0.5) is 0 Å². The molecule has 1 rings (SSSR count). The highest BCUT2D eigenvalue weighted by atomic mass is 16.5. The van der Waals surface area contributed by atoms with E-state index in [0.717, 1.165) is 5.56 Å². The van der Waals surface area contributed by atoms with Crippen LogP contribution in [0.3, 0.4) is 0 Å². The molecule has 80 valence electrons. The van der Waals surface area contributed by atoms with E-state index in [0.29, 0.717) is 25.1 Å². The van der Waals surface area contributed by atoms with Gasteiger partial charge in [0.15, 0.2) is 0 Å². The number of methoxy groups -OCH3 is 1. The first-order chi connectivity index (χ1) is 7.27. The summed E-state index contributed by atoms with van der Waals surface area (Å²) in [5.41, 5.74) is 1.52. The first-order valence-corrected chi connectivity index (χ1v) is 4.50. The monoisotopic (exact) mass is 208 g/mol. The molecule has 0 radical (unpaired) electrons. The van der Waals surface area contributed by atoms with Crippen molar-refractivity contribution in [2.24, 2.45) is 0 Å². The number of esters is 1. The summed E-state index contributed by atoms with van der Waals surface area (Å²) in [6.45, 7) is 0.768. The molecule has 0 atom stereocenters. The fraction of sp³-hybridized carbons (Fsp3) is 0.273. The van der Waals surface area contributed by atoms with Crippen molar-refractivity contribution in [2.75, 3.05) is 13.7 Å². The molecule has 0 N–H and O–H groups in total. The Morgan fingerprint density at radius 1 is 1.33 bits per heavy atom. The smallest absolute Gasteiger partial charge is 0.337 e. The van der Waals surface area contributed by atoms with Crippen molar-refractivity contribution in [3.63, 3.8) is 0 Å². The molecule has 0 bridgehead atoms. The van der Waals surface area contributed by atoms with E-state index in [1.54, 1.807) is 24.3 Å². The van der Waals surface area contributed by atoms with Crippen LogP contribution in [0.25, 0.3) is 0 Å². The van der Waals surface area contributed by atoms with Crippen LogP contribution in [-0.2, 0) is 20.7 Å². The molecule has 0 heterocycles. The van der Waals surface area contributed by atoms with Crippen molar-refractivity contribution in [3.05, 3.63) is 35.4 Å². The van der Waals surface area contributed by atoms with Gasteiger partial charge in [0, 0.05) is 6.42 Å². The Labute approximate surface area is 87.8 Å². The Hall–Kier alpha value is -1.84. The van der Waals surface area contributed by atoms with Gasteiger partial charge in [0.05, 0.1) is 19.3 Å². The third-order valence-corrected chi connectivity index (χ3v) is 1.95. The minimum absolute atomic E-state index is 0.348. The summed E-state index contributed by atoms with van der Waals surface area (Å²) in [7, 11) is 1.34. The average Bonchev–Trinajstić information content (AvgIpc) is 2.29. The Bertz CT molecular complexity index is 329. The Kier molecular flexibility index (Phi) is 4.34. The van der Waals surface area contributed by atoms with E-state index in [9.17, 15) is 9.59 Å². The molecule has 0 unspecified atom stereocenters. The number of ether oxygens (including phenoxy) is 2. The maximum atomic E-state index is 11.1. The lowest BCUT2D eigenvalue weighted by Gasteiger charge is -2.02. The van der Waals surface area contributed by atoms with Crippen LogP contribution in [-0.4, -0.2) is 26.2 Å². The van der Waals surface area contributed by atoms with Crippen molar-refractivity contribution in [2.45, 2.75) is 6.42 Å². The van der Waals surface area contributed by atoms with Crippen LogP contribution in [0, 0.1) is 0 Å². The highest BCUT2D eigenvalue weighted by Gasteiger charge is 2.03. The zero-order valence-electron chi connectivity index (χ0n) is 8.43. The number of hydrogen-bond donors (Lipinski definition) is 0. The largest absolute Gasteiger partial charge is 0.468 e. The average molecular weight is 208 g/mol. The Morgan fingerprint density at radius 2 is 2.00 bits per heavy atom. The first kappa shape index (κ1) is 11.2. The van der Waals surface area contributed by atoms with E-state index in [-0.39, 0.29) is 5.97 Å². The molecule has 1 aromatic rings. The molecule has 0 aromatic heterocycles. The fourth-order valence-electron chi connectivity index (χ4n) is 1.15. The van der Waals surface area contributed by atoms with Crippen molar-refractivity contribution in [1.29, 1.82) is 0 Å². The van der Waals surface area contributed by atoms with Crippen molar-refractivity contribution >= 4 is 12.4 Å². The standard InChI is InChI=1S/C11H12O4/c1-14-11(13)10-4-2-9(3-5-10)6-7-15-8-12/h2-5,8H,6-7H2,1H3. The maximum absolute atomic E-state index is 11.1. The van der Waals surface area contributed by atoms with Crippen molar-refractivity contribution in [3.8, 4) is 0 Å². The molecule has 0 aliphatic rings. The summed E-state index contributed by atoms with van der Waals surface area (Å²) < 4.78 is 9.13. The highest BCUT2D eigenvalue weighted by molar-refractivity contribution is 5.89. The van der Waals surface area contributed by atoms with E-state index in [1.807, 2.05) is 0 Å². The number of hydrogen-bond acceptors (Lipinski definition) is 4. The van der Waals surface area contributed by atoms with Gasteiger partial charge >= 0.3 is 5.97 Å². The third-order valence-electron chi connectivity index (χ3n) is 1.95. The van der Waals surface area contributed by atoms with Crippen LogP contribution in [0.2, 0.25) is 0 Å². The minimum Gasteiger partial charge on any atom is -0.468 e. The SMILES string of the molecule is COC(=O)c1ccc(CCOC=O)cc1. The molecule has 0 saturated heterocycles. The summed E-state index contributed by atoms with van der Waals surface area (Å²) in [4.78, 5) is 21.0. The zero-order valence-corrected chi connectivity index (χ0v) is 8.43. The predicted molar refractivity (Wildman–Crippen MR) is 53.5 cm³/mol. The molecule has 0 aliphatic heterocycles. The van der Waals surface area contributed by atoms with E-state index < -0.39 is 0 Å². The Morgan fingerprint density at radius 3 is 2.53 bits per heavy atom. The molecule has 0 saturated carbocycles. The van der Waals surface area contributed by atoms with Crippen LogP contribution in [0.1, 0.15) is 15.9 Å². The van der Waals surface area contributed by atoms with Gasteiger partial charge in [-0.05, 0) is 17.7 Å². The lowest BCUT2D eigenvalue weighted by Crippen LogP contribution is -2.02. The molecule has 0 amide bonds. The van der Waals surface area contributed by atoms with Gasteiger partial charge in [-0.3, -0.25) is 4.79 Å². The second-order valence-corrected chi connectivity index (χ2v) is 2.91. The van der Waals surface area contributed by atoms with Crippen LogP contribution >= 0.6 is 0 Å². The van der Waals surface area contributed by atoms with Gasteiger partial charge in [-0.25, -0.2) is 4.79 Å². The molecule has 4 nitrogen and oxygen atoms in total. The maximum Gasteiger partial charge on any atom is 0.337 e. The van der Waals surface area contributed by atoms with Gasteiger partial charge in [-0.1, -0.05) is 12.1 Å².